The zero-order chi connectivity index (χ0) is 10.7. The van der Waals surface area contributed by atoms with Gasteiger partial charge in [0.2, 0.25) is 0 Å². The van der Waals surface area contributed by atoms with Gasteiger partial charge in [-0.1, -0.05) is 6.92 Å². The Labute approximate surface area is 91.4 Å². The summed E-state index contributed by atoms with van der Waals surface area (Å²) in [6.45, 7) is 3.97. The lowest BCUT2D eigenvalue weighted by Gasteiger charge is -2.14. The van der Waals surface area contributed by atoms with Crippen molar-refractivity contribution in [1.82, 2.24) is 0 Å². The van der Waals surface area contributed by atoms with Crippen LogP contribution in [0.4, 0.5) is 10.1 Å². The maximum atomic E-state index is 13.0. The molecule has 1 atom stereocenters. The Morgan fingerprint density at radius 1 is 1.57 bits per heavy atom. The molecule has 0 radical (unpaired) electrons. The van der Waals surface area contributed by atoms with Crippen LogP contribution in [0.1, 0.15) is 20.3 Å². The minimum absolute atomic E-state index is 0.0937. The van der Waals surface area contributed by atoms with Crippen molar-refractivity contribution < 1.29 is 9.13 Å². The zero-order valence-corrected chi connectivity index (χ0v) is 9.77. The molecule has 0 spiro atoms. The van der Waals surface area contributed by atoms with E-state index in [9.17, 15) is 4.39 Å². The first-order valence-corrected chi connectivity index (χ1v) is 5.25. The second-order valence-corrected chi connectivity index (χ2v) is 4.00. The summed E-state index contributed by atoms with van der Waals surface area (Å²) in [5.74, 6) is 0.145. The number of hydrogen-bond donors (Lipinski definition) is 1. The molecular formula is C10H13BrFNO. The Hall–Kier alpha value is -0.770. The molecular weight excluding hydrogens is 249 g/mol. The van der Waals surface area contributed by atoms with Crippen molar-refractivity contribution in [1.29, 1.82) is 0 Å². The first kappa shape index (κ1) is 11.3. The summed E-state index contributed by atoms with van der Waals surface area (Å²) < 4.78 is 19.1. The molecule has 0 aliphatic carbocycles. The van der Waals surface area contributed by atoms with E-state index in [1.165, 1.54) is 12.1 Å². The smallest absolute Gasteiger partial charge is 0.147 e. The lowest BCUT2D eigenvalue weighted by Crippen LogP contribution is -2.10. The van der Waals surface area contributed by atoms with Gasteiger partial charge in [0.25, 0.3) is 0 Å². The average Bonchev–Trinajstić information content (AvgIpc) is 2.14. The zero-order valence-electron chi connectivity index (χ0n) is 8.18. The van der Waals surface area contributed by atoms with Crippen LogP contribution in [-0.4, -0.2) is 6.10 Å². The molecule has 0 aromatic heterocycles. The fourth-order valence-electron chi connectivity index (χ4n) is 0.935. The third kappa shape index (κ3) is 2.61. The molecule has 1 rings (SSSR count). The Morgan fingerprint density at radius 2 is 2.21 bits per heavy atom. The van der Waals surface area contributed by atoms with Crippen LogP contribution in [0.5, 0.6) is 5.75 Å². The van der Waals surface area contributed by atoms with Gasteiger partial charge in [-0.05, 0) is 35.3 Å². The molecule has 0 amide bonds. The van der Waals surface area contributed by atoms with Gasteiger partial charge in [0, 0.05) is 6.07 Å². The van der Waals surface area contributed by atoms with Gasteiger partial charge in [-0.2, -0.15) is 0 Å². The number of rotatable bonds is 3. The van der Waals surface area contributed by atoms with Crippen molar-refractivity contribution in [3.8, 4) is 5.75 Å². The third-order valence-electron chi connectivity index (χ3n) is 1.95. The Kier molecular flexibility index (Phi) is 3.75. The van der Waals surface area contributed by atoms with Gasteiger partial charge >= 0.3 is 0 Å². The Balaban J connectivity index is 2.92. The van der Waals surface area contributed by atoms with E-state index in [0.29, 0.717) is 10.2 Å². The van der Waals surface area contributed by atoms with E-state index in [-0.39, 0.29) is 11.8 Å². The van der Waals surface area contributed by atoms with Gasteiger partial charge in [-0.25, -0.2) is 4.39 Å². The Bertz CT molecular complexity index is 330. The van der Waals surface area contributed by atoms with Gasteiger partial charge in [-0.15, -0.1) is 0 Å². The highest BCUT2D eigenvalue weighted by molar-refractivity contribution is 9.10. The molecule has 0 bridgehead atoms. The van der Waals surface area contributed by atoms with Crippen molar-refractivity contribution in [2.45, 2.75) is 26.4 Å². The van der Waals surface area contributed by atoms with Crippen LogP contribution in [-0.2, 0) is 0 Å². The molecule has 78 valence electrons. The fourth-order valence-corrected chi connectivity index (χ4v) is 1.34. The van der Waals surface area contributed by atoms with Crippen LogP contribution in [0.25, 0.3) is 0 Å². The summed E-state index contributed by atoms with van der Waals surface area (Å²) >= 11 is 3.22. The summed E-state index contributed by atoms with van der Waals surface area (Å²) in [5.41, 5.74) is 5.53. The maximum Gasteiger partial charge on any atom is 0.147 e. The van der Waals surface area contributed by atoms with Crippen LogP contribution in [0.3, 0.4) is 0 Å². The van der Waals surface area contributed by atoms with Gasteiger partial charge in [0.1, 0.15) is 11.6 Å². The molecule has 0 fully saturated rings. The minimum Gasteiger partial charge on any atom is -0.489 e. The minimum atomic E-state index is -0.437. The molecule has 1 aromatic rings. The molecule has 4 heteroatoms. The van der Waals surface area contributed by atoms with Crippen LogP contribution < -0.4 is 10.5 Å². The van der Waals surface area contributed by atoms with E-state index < -0.39 is 5.82 Å². The van der Waals surface area contributed by atoms with Crippen molar-refractivity contribution in [2.75, 3.05) is 5.73 Å². The highest BCUT2D eigenvalue weighted by Crippen LogP contribution is 2.30. The molecule has 0 saturated heterocycles. The topological polar surface area (TPSA) is 35.2 Å². The summed E-state index contributed by atoms with van der Waals surface area (Å²) in [4.78, 5) is 0. The Morgan fingerprint density at radius 3 is 2.79 bits per heavy atom. The predicted molar refractivity (Wildman–Crippen MR) is 58.9 cm³/mol. The standard InChI is InChI=1S/C10H13BrFNO/c1-3-6(2)14-10-5-9(13)8(12)4-7(10)11/h4-6H,3,13H2,1-2H3. The number of hydrogen-bond acceptors (Lipinski definition) is 2. The number of ether oxygens (including phenoxy) is 1. The van der Waals surface area contributed by atoms with Crippen LogP contribution in [0.2, 0.25) is 0 Å². The molecule has 0 aliphatic rings. The molecule has 2 nitrogen and oxygen atoms in total. The van der Waals surface area contributed by atoms with Gasteiger partial charge in [0.15, 0.2) is 0 Å². The van der Waals surface area contributed by atoms with Gasteiger partial charge in [-0.3, -0.25) is 0 Å². The first-order valence-electron chi connectivity index (χ1n) is 4.45. The third-order valence-corrected chi connectivity index (χ3v) is 2.57. The monoisotopic (exact) mass is 261 g/mol. The maximum absolute atomic E-state index is 13.0. The molecule has 1 unspecified atom stereocenters. The van der Waals surface area contributed by atoms with E-state index in [1.54, 1.807) is 0 Å². The number of anilines is 1. The van der Waals surface area contributed by atoms with Crippen LogP contribution in [0.15, 0.2) is 16.6 Å². The lowest BCUT2D eigenvalue weighted by molar-refractivity contribution is 0.216. The number of halogens is 2. The summed E-state index contributed by atoms with van der Waals surface area (Å²) in [6.07, 6.45) is 0.986. The van der Waals surface area contributed by atoms with Crippen LogP contribution >= 0.6 is 15.9 Å². The fraction of sp³-hybridized carbons (Fsp3) is 0.400. The summed E-state index contributed by atoms with van der Waals surface area (Å²) in [5, 5.41) is 0. The van der Waals surface area contributed by atoms with Crippen molar-refractivity contribution in [3.63, 3.8) is 0 Å². The summed E-state index contributed by atoms with van der Waals surface area (Å²) in [6, 6.07) is 2.80. The highest BCUT2D eigenvalue weighted by Gasteiger charge is 2.09. The molecule has 2 N–H and O–H groups in total. The van der Waals surface area contributed by atoms with Gasteiger partial charge < -0.3 is 10.5 Å². The second kappa shape index (κ2) is 4.64. The van der Waals surface area contributed by atoms with Gasteiger partial charge in [0.05, 0.1) is 16.3 Å². The van der Waals surface area contributed by atoms with E-state index in [2.05, 4.69) is 15.9 Å². The molecule has 0 heterocycles. The van der Waals surface area contributed by atoms with E-state index in [1.807, 2.05) is 13.8 Å². The molecule has 0 saturated carbocycles. The normalized spacial score (nSPS) is 12.6. The number of nitrogens with two attached hydrogens (primary N) is 1. The van der Waals surface area contributed by atoms with Crippen LogP contribution in [0, 0.1) is 5.82 Å². The van der Waals surface area contributed by atoms with E-state index in [4.69, 9.17) is 10.5 Å². The van der Waals surface area contributed by atoms with E-state index >= 15 is 0 Å². The highest BCUT2D eigenvalue weighted by atomic mass is 79.9. The quantitative estimate of drug-likeness (QED) is 0.848. The SMILES string of the molecule is CCC(C)Oc1cc(N)c(F)cc1Br. The second-order valence-electron chi connectivity index (χ2n) is 3.14. The molecule has 1 aromatic carbocycles. The average molecular weight is 262 g/mol. The molecule has 0 aliphatic heterocycles. The van der Waals surface area contributed by atoms with E-state index in [0.717, 1.165) is 6.42 Å². The molecule has 14 heavy (non-hydrogen) atoms. The largest absolute Gasteiger partial charge is 0.489 e. The number of nitrogen functional groups attached to an aromatic ring is 1. The number of benzene rings is 1. The van der Waals surface area contributed by atoms with Crippen molar-refractivity contribution >= 4 is 21.6 Å². The lowest BCUT2D eigenvalue weighted by atomic mass is 10.2. The first-order chi connectivity index (χ1) is 6.54. The van der Waals surface area contributed by atoms with Crippen molar-refractivity contribution in [3.05, 3.63) is 22.4 Å². The predicted octanol–water partition coefficient (Wildman–Crippen LogP) is 3.35. The van der Waals surface area contributed by atoms with Crippen molar-refractivity contribution in [2.24, 2.45) is 0 Å². The summed E-state index contributed by atoms with van der Waals surface area (Å²) in [7, 11) is 0.